The summed E-state index contributed by atoms with van der Waals surface area (Å²) < 4.78 is 0. The van der Waals surface area contributed by atoms with Crippen LogP contribution in [0.5, 0.6) is 0 Å². The van der Waals surface area contributed by atoms with Crippen molar-refractivity contribution in [2.24, 2.45) is 0 Å². The molecule has 0 bridgehead atoms. The van der Waals surface area contributed by atoms with Crippen LogP contribution in [0.1, 0.15) is 23.0 Å². The zero-order chi connectivity index (χ0) is 13.7. The molecular weight excluding hydrogens is 238 g/mol. The average molecular weight is 255 g/mol. The first-order chi connectivity index (χ1) is 9.20. The van der Waals surface area contributed by atoms with Gasteiger partial charge in [-0.25, -0.2) is 4.98 Å². The number of nitrogens with one attached hydrogen (secondary N) is 2. The normalized spacial score (nSPS) is 10.0. The van der Waals surface area contributed by atoms with E-state index in [0.29, 0.717) is 5.69 Å². The van der Waals surface area contributed by atoms with Crippen molar-refractivity contribution in [3.63, 3.8) is 0 Å². The summed E-state index contributed by atoms with van der Waals surface area (Å²) in [5.41, 5.74) is 3.16. The number of carbonyl (C=O) groups is 1. The molecule has 2 rings (SSSR count). The number of amides is 1. The van der Waals surface area contributed by atoms with Crippen molar-refractivity contribution in [3.05, 3.63) is 53.9 Å². The van der Waals surface area contributed by atoms with Gasteiger partial charge < -0.3 is 10.6 Å². The number of pyridine rings is 1. The second-order valence-electron chi connectivity index (χ2n) is 4.23. The van der Waals surface area contributed by atoms with Crippen molar-refractivity contribution in [1.82, 2.24) is 4.98 Å². The number of aryl methyl sites for hydroxylation is 1. The largest absolute Gasteiger partial charge is 0.384 e. The number of rotatable bonds is 4. The first kappa shape index (κ1) is 13.1. The van der Waals surface area contributed by atoms with Gasteiger partial charge in [-0.3, -0.25) is 4.79 Å². The van der Waals surface area contributed by atoms with Gasteiger partial charge in [0, 0.05) is 12.2 Å². The quantitative estimate of drug-likeness (QED) is 0.882. The SMILES string of the molecule is CCNc1ccc(C(=O)Nc2ccccc2C)nc1. The minimum atomic E-state index is -0.197. The maximum atomic E-state index is 12.0. The summed E-state index contributed by atoms with van der Waals surface area (Å²) in [7, 11) is 0. The fourth-order valence-electron chi connectivity index (χ4n) is 1.74. The highest BCUT2D eigenvalue weighted by molar-refractivity contribution is 6.03. The summed E-state index contributed by atoms with van der Waals surface area (Å²) >= 11 is 0. The smallest absolute Gasteiger partial charge is 0.274 e. The predicted octanol–water partition coefficient (Wildman–Crippen LogP) is 3.07. The van der Waals surface area contributed by atoms with E-state index in [9.17, 15) is 4.79 Å². The molecule has 0 spiro atoms. The fraction of sp³-hybridized carbons (Fsp3) is 0.200. The lowest BCUT2D eigenvalue weighted by Gasteiger charge is -2.08. The van der Waals surface area contributed by atoms with Crippen LogP contribution in [-0.2, 0) is 0 Å². The summed E-state index contributed by atoms with van der Waals surface area (Å²) in [6.45, 7) is 4.80. The van der Waals surface area contributed by atoms with Gasteiger partial charge in [0.15, 0.2) is 0 Å². The van der Waals surface area contributed by atoms with Crippen molar-refractivity contribution in [2.75, 3.05) is 17.2 Å². The van der Waals surface area contributed by atoms with Gasteiger partial charge in [0.2, 0.25) is 0 Å². The number of hydrogen-bond donors (Lipinski definition) is 2. The van der Waals surface area contributed by atoms with Gasteiger partial charge in [-0.05, 0) is 37.6 Å². The number of aromatic nitrogens is 1. The molecule has 0 atom stereocenters. The summed E-state index contributed by atoms with van der Waals surface area (Å²) in [6, 6.07) is 11.2. The second kappa shape index (κ2) is 6.00. The van der Waals surface area contributed by atoms with Gasteiger partial charge >= 0.3 is 0 Å². The molecule has 0 aliphatic heterocycles. The Morgan fingerprint density at radius 2 is 2.00 bits per heavy atom. The van der Waals surface area contributed by atoms with E-state index in [0.717, 1.165) is 23.5 Å². The molecule has 0 saturated heterocycles. The van der Waals surface area contributed by atoms with Crippen molar-refractivity contribution >= 4 is 17.3 Å². The number of anilines is 2. The standard InChI is InChI=1S/C15H17N3O/c1-3-16-12-8-9-14(17-10-12)15(19)18-13-7-5-4-6-11(13)2/h4-10,16H,3H2,1-2H3,(H,18,19). The Morgan fingerprint density at radius 1 is 1.21 bits per heavy atom. The molecule has 0 fully saturated rings. The Kier molecular flexibility index (Phi) is 4.13. The third kappa shape index (κ3) is 3.31. The van der Waals surface area contributed by atoms with Crippen LogP contribution in [-0.4, -0.2) is 17.4 Å². The molecule has 0 radical (unpaired) electrons. The van der Waals surface area contributed by atoms with E-state index in [-0.39, 0.29) is 5.91 Å². The Labute approximate surface area is 112 Å². The Hall–Kier alpha value is -2.36. The summed E-state index contributed by atoms with van der Waals surface area (Å²) in [5.74, 6) is -0.197. The van der Waals surface area contributed by atoms with Gasteiger partial charge in [-0.1, -0.05) is 18.2 Å². The molecule has 1 aromatic heterocycles. The highest BCUT2D eigenvalue weighted by atomic mass is 16.1. The van der Waals surface area contributed by atoms with Gasteiger partial charge in [-0.15, -0.1) is 0 Å². The highest BCUT2D eigenvalue weighted by Gasteiger charge is 2.08. The van der Waals surface area contributed by atoms with Crippen LogP contribution < -0.4 is 10.6 Å². The van der Waals surface area contributed by atoms with Crippen LogP contribution in [0.15, 0.2) is 42.6 Å². The molecule has 1 aromatic carbocycles. The first-order valence-corrected chi connectivity index (χ1v) is 6.27. The van der Waals surface area contributed by atoms with E-state index in [1.165, 1.54) is 0 Å². The van der Waals surface area contributed by atoms with E-state index in [1.807, 2.05) is 44.2 Å². The maximum absolute atomic E-state index is 12.0. The topological polar surface area (TPSA) is 54.0 Å². The summed E-state index contributed by atoms with van der Waals surface area (Å²) in [4.78, 5) is 16.2. The van der Waals surface area contributed by atoms with Crippen LogP contribution in [0.3, 0.4) is 0 Å². The highest BCUT2D eigenvalue weighted by Crippen LogP contribution is 2.14. The van der Waals surface area contributed by atoms with Crippen molar-refractivity contribution in [3.8, 4) is 0 Å². The van der Waals surface area contributed by atoms with Crippen molar-refractivity contribution < 1.29 is 4.79 Å². The molecule has 0 unspecified atom stereocenters. The van der Waals surface area contributed by atoms with Crippen LogP contribution in [0.25, 0.3) is 0 Å². The van der Waals surface area contributed by atoms with Gasteiger partial charge in [-0.2, -0.15) is 0 Å². The van der Waals surface area contributed by atoms with Crippen molar-refractivity contribution in [2.45, 2.75) is 13.8 Å². The number of para-hydroxylation sites is 1. The minimum absolute atomic E-state index is 0.197. The van der Waals surface area contributed by atoms with Crippen molar-refractivity contribution in [1.29, 1.82) is 0 Å². The molecule has 2 N–H and O–H groups in total. The molecule has 19 heavy (non-hydrogen) atoms. The molecule has 2 aromatic rings. The second-order valence-corrected chi connectivity index (χ2v) is 4.23. The van der Waals surface area contributed by atoms with E-state index in [1.54, 1.807) is 12.3 Å². The monoisotopic (exact) mass is 255 g/mol. The van der Waals surface area contributed by atoms with Gasteiger partial charge in [0.05, 0.1) is 11.9 Å². The Bertz CT molecular complexity index is 564. The average Bonchev–Trinajstić information content (AvgIpc) is 2.42. The number of carbonyl (C=O) groups excluding carboxylic acids is 1. The molecule has 0 aliphatic carbocycles. The van der Waals surface area contributed by atoms with E-state index >= 15 is 0 Å². The lowest BCUT2D eigenvalue weighted by atomic mass is 10.2. The predicted molar refractivity (Wildman–Crippen MR) is 77.5 cm³/mol. The Morgan fingerprint density at radius 3 is 2.63 bits per heavy atom. The van der Waals surface area contributed by atoms with Crippen LogP contribution >= 0.6 is 0 Å². The van der Waals surface area contributed by atoms with Crippen LogP contribution in [0.2, 0.25) is 0 Å². The molecular formula is C15H17N3O. The Balaban J connectivity index is 2.10. The first-order valence-electron chi connectivity index (χ1n) is 6.27. The third-order valence-corrected chi connectivity index (χ3v) is 2.77. The third-order valence-electron chi connectivity index (χ3n) is 2.77. The number of hydrogen-bond acceptors (Lipinski definition) is 3. The fourth-order valence-corrected chi connectivity index (χ4v) is 1.74. The van der Waals surface area contributed by atoms with Gasteiger partial charge in [0.1, 0.15) is 5.69 Å². The van der Waals surface area contributed by atoms with E-state index < -0.39 is 0 Å². The lowest BCUT2D eigenvalue weighted by Crippen LogP contribution is -2.14. The molecule has 4 nitrogen and oxygen atoms in total. The zero-order valence-corrected chi connectivity index (χ0v) is 11.1. The lowest BCUT2D eigenvalue weighted by molar-refractivity contribution is 0.102. The van der Waals surface area contributed by atoms with E-state index in [2.05, 4.69) is 15.6 Å². The zero-order valence-electron chi connectivity index (χ0n) is 11.1. The molecule has 0 saturated carbocycles. The molecule has 1 heterocycles. The number of benzene rings is 1. The summed E-state index contributed by atoms with van der Waals surface area (Å²) in [6.07, 6.45) is 1.66. The molecule has 0 aliphatic rings. The van der Waals surface area contributed by atoms with E-state index in [4.69, 9.17) is 0 Å². The summed E-state index contributed by atoms with van der Waals surface area (Å²) in [5, 5.41) is 5.99. The van der Waals surface area contributed by atoms with Gasteiger partial charge in [0.25, 0.3) is 5.91 Å². The van der Waals surface area contributed by atoms with Crippen LogP contribution in [0, 0.1) is 6.92 Å². The van der Waals surface area contributed by atoms with Crippen LogP contribution in [0.4, 0.5) is 11.4 Å². The molecule has 1 amide bonds. The molecule has 4 heteroatoms. The molecule has 98 valence electrons. The maximum Gasteiger partial charge on any atom is 0.274 e. The number of nitrogens with zero attached hydrogens (tertiary/aromatic N) is 1. The minimum Gasteiger partial charge on any atom is -0.384 e.